The van der Waals surface area contributed by atoms with Gasteiger partial charge >= 0.3 is 0 Å². The van der Waals surface area contributed by atoms with Crippen LogP contribution in [0.3, 0.4) is 0 Å². The first-order chi connectivity index (χ1) is 8.63. The van der Waals surface area contributed by atoms with E-state index in [1.807, 2.05) is 12.1 Å². The third-order valence-electron chi connectivity index (χ3n) is 2.81. The minimum absolute atomic E-state index is 0.0752. The zero-order valence-electron chi connectivity index (χ0n) is 9.49. The maximum atomic E-state index is 12.5. The average molecular weight is 420 g/mol. The lowest BCUT2D eigenvalue weighted by Crippen LogP contribution is -2.53. The Balaban J connectivity index is 2.30. The number of nitrogens with one attached hydrogen (secondary N) is 1. The van der Waals surface area contributed by atoms with Gasteiger partial charge in [0, 0.05) is 27.7 Å². The molecule has 1 atom stereocenters. The van der Waals surface area contributed by atoms with Gasteiger partial charge in [0.05, 0.1) is 11.6 Å². The van der Waals surface area contributed by atoms with E-state index in [-0.39, 0.29) is 11.9 Å². The number of nitrogens with zero attached hydrogens (tertiary/aromatic N) is 2. The summed E-state index contributed by atoms with van der Waals surface area (Å²) in [5.74, 6) is -0.0752. The van der Waals surface area contributed by atoms with Crippen LogP contribution >= 0.6 is 38.5 Å². The van der Waals surface area contributed by atoms with Crippen LogP contribution in [0.2, 0.25) is 0 Å². The van der Waals surface area contributed by atoms with Gasteiger partial charge in [0.25, 0.3) is 5.91 Å². The predicted octanol–water partition coefficient (Wildman–Crippen LogP) is 1.99. The van der Waals surface area contributed by atoms with Gasteiger partial charge in [-0.2, -0.15) is 5.26 Å². The van der Waals surface area contributed by atoms with Gasteiger partial charge in [-0.25, -0.2) is 0 Å². The fraction of sp³-hybridized carbons (Fsp3) is 0.333. The molecule has 94 valence electrons. The van der Waals surface area contributed by atoms with Crippen molar-refractivity contribution in [3.8, 4) is 6.07 Å². The Morgan fingerprint density at radius 3 is 3.11 bits per heavy atom. The maximum Gasteiger partial charge on any atom is 0.256 e. The summed E-state index contributed by atoms with van der Waals surface area (Å²) in [7, 11) is 0. The van der Waals surface area contributed by atoms with Crippen molar-refractivity contribution in [3.63, 3.8) is 0 Å². The molecule has 6 heteroatoms. The van der Waals surface area contributed by atoms with E-state index < -0.39 is 0 Å². The molecule has 1 heterocycles. The number of hydrogen-bond acceptors (Lipinski definition) is 3. The number of halogens is 2. The first-order valence-electron chi connectivity index (χ1n) is 5.50. The monoisotopic (exact) mass is 419 g/mol. The second-order valence-electron chi connectivity index (χ2n) is 3.97. The van der Waals surface area contributed by atoms with Gasteiger partial charge < -0.3 is 10.2 Å². The van der Waals surface area contributed by atoms with Crippen LogP contribution in [0.4, 0.5) is 0 Å². The summed E-state index contributed by atoms with van der Waals surface area (Å²) in [6, 6.07) is 7.38. The molecule has 1 unspecified atom stereocenters. The molecular formula is C12H11BrIN3O. The van der Waals surface area contributed by atoms with E-state index in [0.29, 0.717) is 18.7 Å². The number of carbonyl (C=O) groups excluding carboxylic acids is 1. The summed E-state index contributed by atoms with van der Waals surface area (Å²) in [6.07, 6.45) is 0. The minimum atomic E-state index is -0.388. The van der Waals surface area contributed by atoms with Gasteiger partial charge in [-0.15, -0.1) is 0 Å². The van der Waals surface area contributed by atoms with Crippen molar-refractivity contribution in [2.75, 3.05) is 19.6 Å². The molecule has 0 aromatic heterocycles. The van der Waals surface area contributed by atoms with Crippen molar-refractivity contribution in [2.24, 2.45) is 0 Å². The Hall–Kier alpha value is -0.650. The Labute approximate surface area is 128 Å². The lowest BCUT2D eigenvalue weighted by Gasteiger charge is -2.32. The van der Waals surface area contributed by atoms with E-state index in [9.17, 15) is 4.79 Å². The highest BCUT2D eigenvalue weighted by Crippen LogP contribution is 2.21. The summed E-state index contributed by atoms with van der Waals surface area (Å²) in [5, 5.41) is 12.2. The summed E-state index contributed by atoms with van der Waals surface area (Å²) < 4.78 is 1.77. The van der Waals surface area contributed by atoms with E-state index in [0.717, 1.165) is 14.6 Å². The quantitative estimate of drug-likeness (QED) is 0.708. The number of carbonyl (C=O) groups is 1. The Morgan fingerprint density at radius 1 is 1.61 bits per heavy atom. The highest BCUT2D eigenvalue weighted by Gasteiger charge is 2.28. The molecule has 18 heavy (non-hydrogen) atoms. The lowest BCUT2D eigenvalue weighted by atomic mass is 10.1. The summed E-state index contributed by atoms with van der Waals surface area (Å²) in [4.78, 5) is 14.1. The molecule has 1 aliphatic rings. The second-order valence-corrected chi connectivity index (χ2v) is 6.05. The molecule has 0 saturated carbocycles. The van der Waals surface area contributed by atoms with E-state index in [1.54, 1.807) is 11.0 Å². The van der Waals surface area contributed by atoms with Gasteiger partial charge in [0.15, 0.2) is 0 Å². The van der Waals surface area contributed by atoms with E-state index in [4.69, 9.17) is 5.26 Å². The van der Waals surface area contributed by atoms with Crippen LogP contribution in [0.15, 0.2) is 22.7 Å². The van der Waals surface area contributed by atoms with Crippen molar-refractivity contribution in [2.45, 2.75) is 6.04 Å². The first-order valence-corrected chi connectivity index (χ1v) is 7.37. The average Bonchev–Trinajstić information content (AvgIpc) is 2.40. The maximum absolute atomic E-state index is 12.5. The van der Waals surface area contributed by atoms with Crippen LogP contribution < -0.4 is 5.32 Å². The van der Waals surface area contributed by atoms with Gasteiger partial charge in [0.2, 0.25) is 0 Å². The second kappa shape index (κ2) is 5.99. The van der Waals surface area contributed by atoms with Crippen molar-refractivity contribution >= 4 is 44.4 Å². The van der Waals surface area contributed by atoms with Crippen LogP contribution in [0.5, 0.6) is 0 Å². The molecule has 1 amide bonds. The normalized spacial score (nSPS) is 19.4. The molecule has 4 nitrogen and oxygen atoms in total. The third kappa shape index (κ3) is 2.84. The minimum Gasteiger partial charge on any atom is -0.320 e. The molecule has 1 aromatic carbocycles. The number of benzene rings is 1. The third-order valence-corrected chi connectivity index (χ3v) is 4.25. The van der Waals surface area contributed by atoms with Crippen LogP contribution in [0.25, 0.3) is 0 Å². The van der Waals surface area contributed by atoms with Crippen LogP contribution in [-0.2, 0) is 0 Å². The highest BCUT2D eigenvalue weighted by atomic mass is 127. The SMILES string of the molecule is N#CC1CNCCN1C(=O)c1cc(Br)ccc1I. The number of piperazine rings is 1. The number of rotatable bonds is 1. The Morgan fingerprint density at radius 2 is 2.39 bits per heavy atom. The largest absolute Gasteiger partial charge is 0.320 e. The number of hydrogen-bond donors (Lipinski definition) is 1. The molecular weight excluding hydrogens is 409 g/mol. The van der Waals surface area contributed by atoms with Crippen molar-refractivity contribution in [1.29, 1.82) is 5.26 Å². The highest BCUT2D eigenvalue weighted by molar-refractivity contribution is 14.1. The van der Waals surface area contributed by atoms with Crippen LogP contribution in [0, 0.1) is 14.9 Å². The summed E-state index contributed by atoms with van der Waals surface area (Å²) >= 11 is 5.51. The van der Waals surface area contributed by atoms with Crippen molar-refractivity contribution in [1.82, 2.24) is 10.2 Å². The number of amides is 1. The van der Waals surface area contributed by atoms with Crippen molar-refractivity contribution < 1.29 is 4.79 Å². The molecule has 0 bridgehead atoms. The zero-order valence-corrected chi connectivity index (χ0v) is 13.2. The van der Waals surface area contributed by atoms with Gasteiger partial charge in [-0.05, 0) is 40.8 Å². The number of nitriles is 1. The van der Waals surface area contributed by atoms with E-state index in [1.165, 1.54) is 0 Å². The molecule has 1 aliphatic heterocycles. The van der Waals surface area contributed by atoms with E-state index in [2.05, 4.69) is 49.9 Å². The molecule has 1 saturated heterocycles. The molecule has 1 N–H and O–H groups in total. The molecule has 0 aliphatic carbocycles. The topological polar surface area (TPSA) is 56.1 Å². The fourth-order valence-corrected chi connectivity index (χ4v) is 2.81. The van der Waals surface area contributed by atoms with Gasteiger partial charge in [0.1, 0.15) is 6.04 Å². The summed E-state index contributed by atoms with van der Waals surface area (Å²) in [6.45, 7) is 1.83. The fourth-order valence-electron chi connectivity index (χ4n) is 1.88. The lowest BCUT2D eigenvalue weighted by molar-refractivity contribution is 0.0686. The molecule has 2 rings (SSSR count). The Kier molecular flexibility index (Phi) is 4.59. The van der Waals surface area contributed by atoms with Gasteiger partial charge in [-0.1, -0.05) is 15.9 Å². The molecule has 0 radical (unpaired) electrons. The van der Waals surface area contributed by atoms with Crippen LogP contribution in [-0.4, -0.2) is 36.5 Å². The molecule has 1 aromatic rings. The predicted molar refractivity (Wildman–Crippen MR) is 80.2 cm³/mol. The standard InChI is InChI=1S/C12H11BrIN3O/c13-8-1-2-11(14)10(5-8)12(18)17-4-3-16-7-9(17)6-15/h1-2,5,9,16H,3-4,7H2. The first kappa shape index (κ1) is 13.8. The van der Waals surface area contributed by atoms with E-state index >= 15 is 0 Å². The van der Waals surface area contributed by atoms with Crippen LogP contribution in [0.1, 0.15) is 10.4 Å². The van der Waals surface area contributed by atoms with Crippen molar-refractivity contribution in [3.05, 3.63) is 31.8 Å². The zero-order chi connectivity index (χ0) is 13.1. The summed E-state index contributed by atoms with van der Waals surface area (Å²) in [5.41, 5.74) is 0.645. The molecule has 0 spiro atoms. The van der Waals surface area contributed by atoms with Gasteiger partial charge in [-0.3, -0.25) is 4.79 Å². The Bertz CT molecular complexity index is 515. The molecule has 1 fully saturated rings. The smallest absolute Gasteiger partial charge is 0.256 e.